The molecule has 9 nitrogen and oxygen atoms in total. The van der Waals surface area contributed by atoms with Crippen LogP contribution in [0.4, 0.5) is 10.2 Å². The van der Waals surface area contributed by atoms with Crippen LogP contribution >= 0.6 is 0 Å². The van der Waals surface area contributed by atoms with Crippen LogP contribution in [0.25, 0.3) is 5.65 Å². The highest BCUT2D eigenvalue weighted by Gasteiger charge is 2.27. The number of carbonyl (C=O) groups is 1. The van der Waals surface area contributed by atoms with E-state index >= 15 is 0 Å². The normalized spacial score (nSPS) is 16.8. The lowest BCUT2D eigenvalue weighted by Crippen LogP contribution is -2.40. The van der Waals surface area contributed by atoms with Gasteiger partial charge in [0.2, 0.25) is 6.86 Å². The second-order valence-corrected chi connectivity index (χ2v) is 6.32. The van der Waals surface area contributed by atoms with Gasteiger partial charge in [0.05, 0.1) is 38.3 Å². The molecule has 0 spiro atoms. The molecule has 0 bridgehead atoms. The summed E-state index contributed by atoms with van der Waals surface area (Å²) in [6, 6.07) is 3.37. The van der Waals surface area contributed by atoms with Crippen molar-refractivity contribution >= 4 is 17.4 Å². The first kappa shape index (κ1) is 19.1. The number of aromatic nitrogens is 4. The minimum absolute atomic E-state index is 0.191. The summed E-state index contributed by atoms with van der Waals surface area (Å²) < 4.78 is 29.7. The van der Waals surface area contributed by atoms with E-state index in [0.717, 1.165) is 5.56 Å². The molecule has 1 aliphatic heterocycles. The van der Waals surface area contributed by atoms with Gasteiger partial charge < -0.3 is 19.1 Å². The highest BCUT2D eigenvalue weighted by atomic mass is 19.1. The Morgan fingerprint density at radius 2 is 2.28 bits per heavy atom. The number of carbonyl (C=O) groups excluding carboxylic acids is 1. The van der Waals surface area contributed by atoms with E-state index < -0.39 is 12.8 Å². The molecule has 1 unspecified atom stereocenters. The monoisotopic (exact) mass is 401 g/mol. The minimum Gasteiger partial charge on any atom is -0.462 e. The Hall–Kier alpha value is -3.27. The third kappa shape index (κ3) is 3.83. The summed E-state index contributed by atoms with van der Waals surface area (Å²) in [4.78, 5) is 23.0. The molecule has 3 aromatic heterocycles. The number of ether oxygens (including phenoxy) is 3. The maximum Gasteiger partial charge on any atom is 0.343 e. The topological polar surface area (TPSA) is 91.1 Å². The number of pyridine rings is 1. The zero-order valence-electron chi connectivity index (χ0n) is 15.8. The van der Waals surface area contributed by atoms with Gasteiger partial charge in [-0.15, -0.1) is 0 Å². The molecule has 0 radical (unpaired) electrons. The Balaban J connectivity index is 1.69. The molecule has 1 saturated heterocycles. The van der Waals surface area contributed by atoms with E-state index in [0.29, 0.717) is 42.5 Å². The van der Waals surface area contributed by atoms with E-state index in [4.69, 9.17) is 14.2 Å². The van der Waals surface area contributed by atoms with Crippen LogP contribution in [0.5, 0.6) is 5.75 Å². The predicted octanol–water partition coefficient (Wildman–Crippen LogP) is 2.18. The maximum absolute atomic E-state index is 12.5. The van der Waals surface area contributed by atoms with Crippen LogP contribution in [0, 0.1) is 0 Å². The lowest BCUT2D eigenvalue weighted by atomic mass is 10.1. The molecule has 3 aromatic rings. The van der Waals surface area contributed by atoms with Crippen molar-refractivity contribution in [2.24, 2.45) is 0 Å². The molecule has 29 heavy (non-hydrogen) atoms. The standard InChI is InChI=1S/C19H20FN5O4/c1-2-28-19(26)15-10-22-25-4-3-17(23-18(15)25)24-5-6-27-11-16(24)13-7-14(29-12-20)9-21-8-13/h3-4,7-10,16H,2,5-6,11-12H2,1H3. The van der Waals surface area contributed by atoms with E-state index in [1.807, 2.05) is 6.07 Å². The highest BCUT2D eigenvalue weighted by Crippen LogP contribution is 2.30. The lowest BCUT2D eigenvalue weighted by Gasteiger charge is -2.36. The van der Waals surface area contributed by atoms with Gasteiger partial charge in [0.15, 0.2) is 5.65 Å². The number of fused-ring (bicyclic) bond motifs is 1. The van der Waals surface area contributed by atoms with Crippen molar-refractivity contribution in [1.82, 2.24) is 19.6 Å². The molecular weight excluding hydrogens is 381 g/mol. The quantitative estimate of drug-likeness (QED) is 0.581. The Bertz CT molecular complexity index is 1010. The lowest BCUT2D eigenvalue weighted by molar-refractivity contribution is 0.0528. The van der Waals surface area contributed by atoms with Crippen molar-refractivity contribution in [1.29, 1.82) is 0 Å². The van der Waals surface area contributed by atoms with Crippen LogP contribution in [0.3, 0.4) is 0 Å². The fourth-order valence-corrected chi connectivity index (χ4v) is 3.29. The van der Waals surface area contributed by atoms with Gasteiger partial charge in [0, 0.05) is 18.9 Å². The SMILES string of the molecule is CCOC(=O)c1cnn2ccc(N3CCOCC3c3cncc(OCF)c3)nc12. The van der Waals surface area contributed by atoms with Crippen molar-refractivity contribution in [3.8, 4) is 5.75 Å². The molecule has 0 aliphatic carbocycles. The van der Waals surface area contributed by atoms with E-state index in [1.165, 1.54) is 16.9 Å². The Labute approximate surface area is 166 Å². The van der Waals surface area contributed by atoms with Crippen molar-refractivity contribution in [2.75, 3.05) is 38.1 Å². The van der Waals surface area contributed by atoms with Gasteiger partial charge in [-0.2, -0.15) is 5.10 Å². The summed E-state index contributed by atoms with van der Waals surface area (Å²) in [5.74, 6) is 0.541. The summed E-state index contributed by atoms with van der Waals surface area (Å²) in [5, 5.41) is 4.17. The number of rotatable bonds is 6. The molecule has 4 heterocycles. The average Bonchev–Trinajstić information content (AvgIpc) is 3.18. The predicted molar refractivity (Wildman–Crippen MR) is 101 cm³/mol. The summed E-state index contributed by atoms with van der Waals surface area (Å²) in [6.07, 6.45) is 6.34. The van der Waals surface area contributed by atoms with Crippen molar-refractivity contribution in [3.05, 3.63) is 48.0 Å². The second-order valence-electron chi connectivity index (χ2n) is 6.32. The first-order valence-corrected chi connectivity index (χ1v) is 9.21. The Morgan fingerprint density at radius 1 is 1.38 bits per heavy atom. The van der Waals surface area contributed by atoms with Crippen LogP contribution in [-0.2, 0) is 9.47 Å². The molecular formula is C19H20FN5O4. The average molecular weight is 401 g/mol. The van der Waals surface area contributed by atoms with Crippen LogP contribution in [0.1, 0.15) is 28.9 Å². The third-order valence-electron chi connectivity index (χ3n) is 4.61. The van der Waals surface area contributed by atoms with Gasteiger partial charge >= 0.3 is 5.97 Å². The summed E-state index contributed by atoms with van der Waals surface area (Å²) in [6.45, 7) is 2.62. The highest BCUT2D eigenvalue weighted by molar-refractivity contribution is 5.95. The van der Waals surface area contributed by atoms with Crippen molar-refractivity contribution < 1.29 is 23.4 Å². The molecule has 152 valence electrons. The van der Waals surface area contributed by atoms with Crippen molar-refractivity contribution in [3.63, 3.8) is 0 Å². The van der Waals surface area contributed by atoms with E-state index in [1.54, 1.807) is 25.4 Å². The number of morpholine rings is 1. The molecule has 0 N–H and O–H groups in total. The van der Waals surface area contributed by atoms with Crippen LogP contribution in [0.15, 0.2) is 36.9 Å². The molecule has 1 atom stereocenters. The molecule has 0 amide bonds. The third-order valence-corrected chi connectivity index (χ3v) is 4.61. The number of hydrogen-bond donors (Lipinski definition) is 0. The van der Waals surface area contributed by atoms with Crippen LogP contribution in [0.2, 0.25) is 0 Å². The van der Waals surface area contributed by atoms with Crippen LogP contribution in [-0.4, -0.2) is 58.8 Å². The first-order chi connectivity index (χ1) is 14.2. The van der Waals surface area contributed by atoms with E-state index in [2.05, 4.69) is 20.0 Å². The number of anilines is 1. The molecule has 10 heteroatoms. The molecule has 0 aromatic carbocycles. The number of nitrogens with zero attached hydrogens (tertiary/aromatic N) is 5. The number of halogens is 1. The summed E-state index contributed by atoms with van der Waals surface area (Å²) >= 11 is 0. The first-order valence-electron chi connectivity index (χ1n) is 9.21. The summed E-state index contributed by atoms with van der Waals surface area (Å²) in [5.41, 5.74) is 1.54. The molecule has 1 fully saturated rings. The van der Waals surface area contributed by atoms with Gasteiger partial charge in [0.1, 0.15) is 17.1 Å². The van der Waals surface area contributed by atoms with Gasteiger partial charge in [0.25, 0.3) is 0 Å². The molecule has 4 rings (SSSR count). The zero-order valence-corrected chi connectivity index (χ0v) is 15.8. The largest absolute Gasteiger partial charge is 0.462 e. The Kier molecular flexibility index (Phi) is 5.52. The number of esters is 1. The van der Waals surface area contributed by atoms with Gasteiger partial charge in [-0.05, 0) is 24.6 Å². The van der Waals surface area contributed by atoms with E-state index in [9.17, 15) is 9.18 Å². The minimum atomic E-state index is -0.925. The van der Waals surface area contributed by atoms with Gasteiger partial charge in [-0.1, -0.05) is 0 Å². The maximum atomic E-state index is 12.5. The van der Waals surface area contributed by atoms with Crippen molar-refractivity contribution in [2.45, 2.75) is 13.0 Å². The second kappa shape index (κ2) is 8.39. The molecule has 1 aliphatic rings. The fourth-order valence-electron chi connectivity index (χ4n) is 3.29. The summed E-state index contributed by atoms with van der Waals surface area (Å²) in [7, 11) is 0. The van der Waals surface area contributed by atoms with E-state index in [-0.39, 0.29) is 12.6 Å². The Morgan fingerprint density at radius 3 is 3.10 bits per heavy atom. The van der Waals surface area contributed by atoms with Gasteiger partial charge in [-0.3, -0.25) is 4.98 Å². The smallest absolute Gasteiger partial charge is 0.343 e. The van der Waals surface area contributed by atoms with Crippen LogP contribution < -0.4 is 9.64 Å². The molecule has 0 saturated carbocycles. The fraction of sp³-hybridized carbons (Fsp3) is 0.368. The zero-order chi connectivity index (χ0) is 20.2. The number of alkyl halides is 1. The number of hydrogen-bond acceptors (Lipinski definition) is 8. The van der Waals surface area contributed by atoms with Gasteiger partial charge in [-0.25, -0.2) is 18.7 Å².